The molecule has 0 amide bonds. The van der Waals surface area contributed by atoms with Crippen molar-refractivity contribution >= 4 is 33.0 Å². The molecular weight excluding hydrogens is 292 g/mol. The maximum absolute atomic E-state index is 13.4. The molecule has 88 valence electrons. The molecule has 0 atom stereocenters. The molecule has 0 bridgehead atoms. The van der Waals surface area contributed by atoms with Crippen LogP contribution in [-0.2, 0) is 0 Å². The largest absolute Gasteiger partial charge is 0.396 e. The van der Waals surface area contributed by atoms with Crippen LogP contribution in [0.5, 0.6) is 0 Å². The van der Waals surface area contributed by atoms with Crippen LogP contribution in [0, 0.1) is 11.6 Å². The molecular formula is C11H8BrF2N3. The van der Waals surface area contributed by atoms with Crippen LogP contribution >= 0.6 is 15.9 Å². The van der Waals surface area contributed by atoms with Crippen molar-refractivity contribution in [2.24, 2.45) is 0 Å². The second-order valence-electron chi connectivity index (χ2n) is 3.31. The zero-order chi connectivity index (χ0) is 12.4. The number of nitrogens with one attached hydrogen (secondary N) is 1. The molecule has 1 aromatic heterocycles. The van der Waals surface area contributed by atoms with Crippen molar-refractivity contribution in [3.8, 4) is 0 Å². The number of nitrogens with two attached hydrogens (primary N) is 1. The van der Waals surface area contributed by atoms with E-state index in [-0.39, 0.29) is 5.69 Å². The summed E-state index contributed by atoms with van der Waals surface area (Å²) in [6.45, 7) is 0. The van der Waals surface area contributed by atoms with E-state index < -0.39 is 11.6 Å². The van der Waals surface area contributed by atoms with Gasteiger partial charge in [-0.3, -0.25) is 4.98 Å². The molecule has 2 aromatic rings. The van der Waals surface area contributed by atoms with Gasteiger partial charge in [0.2, 0.25) is 0 Å². The van der Waals surface area contributed by atoms with E-state index in [0.717, 1.165) is 6.07 Å². The minimum Gasteiger partial charge on any atom is -0.396 e. The standard InChI is InChI=1S/C11H8BrF2N3/c12-6-4-16-5-8(15)11(6)17-9-3-1-2-7(13)10(9)14/h1-5H,15H2,(H,16,17). The van der Waals surface area contributed by atoms with Crippen LogP contribution in [0.1, 0.15) is 0 Å². The molecule has 0 aliphatic rings. The predicted octanol–water partition coefficient (Wildman–Crippen LogP) is 3.45. The van der Waals surface area contributed by atoms with Crippen LogP contribution < -0.4 is 11.1 Å². The van der Waals surface area contributed by atoms with Gasteiger partial charge in [-0.05, 0) is 28.1 Å². The highest BCUT2D eigenvalue weighted by Gasteiger charge is 2.11. The quantitative estimate of drug-likeness (QED) is 0.893. The van der Waals surface area contributed by atoms with Crippen LogP contribution in [-0.4, -0.2) is 4.98 Å². The number of nitrogens with zero attached hydrogens (tertiary/aromatic N) is 1. The Morgan fingerprint density at radius 1 is 1.24 bits per heavy atom. The number of anilines is 3. The fourth-order valence-corrected chi connectivity index (χ4v) is 1.76. The van der Waals surface area contributed by atoms with E-state index in [1.807, 2.05) is 0 Å². The Kier molecular flexibility index (Phi) is 3.23. The lowest BCUT2D eigenvalue weighted by Crippen LogP contribution is -2.01. The van der Waals surface area contributed by atoms with Crippen LogP contribution in [0.2, 0.25) is 0 Å². The van der Waals surface area contributed by atoms with Gasteiger partial charge < -0.3 is 11.1 Å². The van der Waals surface area contributed by atoms with Crippen molar-refractivity contribution in [3.05, 3.63) is 46.7 Å². The van der Waals surface area contributed by atoms with E-state index >= 15 is 0 Å². The Bertz CT molecular complexity index is 540. The molecule has 3 nitrogen and oxygen atoms in total. The van der Waals surface area contributed by atoms with Gasteiger partial charge in [0.15, 0.2) is 11.6 Å². The molecule has 0 saturated heterocycles. The first kappa shape index (κ1) is 11.8. The summed E-state index contributed by atoms with van der Waals surface area (Å²) in [6.07, 6.45) is 2.93. The monoisotopic (exact) mass is 299 g/mol. The highest BCUT2D eigenvalue weighted by molar-refractivity contribution is 9.10. The number of aromatic nitrogens is 1. The summed E-state index contributed by atoms with van der Waals surface area (Å²) in [5.41, 5.74) is 6.49. The van der Waals surface area contributed by atoms with E-state index in [2.05, 4.69) is 26.2 Å². The first-order valence-electron chi connectivity index (χ1n) is 4.69. The molecule has 17 heavy (non-hydrogen) atoms. The topological polar surface area (TPSA) is 50.9 Å². The Labute approximate surface area is 105 Å². The summed E-state index contributed by atoms with van der Waals surface area (Å²) >= 11 is 3.23. The number of nitrogen functional groups attached to an aromatic ring is 1. The number of hydrogen-bond donors (Lipinski definition) is 2. The van der Waals surface area contributed by atoms with Gasteiger partial charge in [0, 0.05) is 6.20 Å². The number of hydrogen-bond acceptors (Lipinski definition) is 3. The van der Waals surface area contributed by atoms with Crippen molar-refractivity contribution in [2.45, 2.75) is 0 Å². The van der Waals surface area contributed by atoms with Crippen molar-refractivity contribution in [1.29, 1.82) is 0 Å². The molecule has 0 radical (unpaired) electrons. The number of halogens is 3. The van der Waals surface area contributed by atoms with Crippen molar-refractivity contribution in [1.82, 2.24) is 4.98 Å². The Morgan fingerprint density at radius 3 is 2.71 bits per heavy atom. The van der Waals surface area contributed by atoms with E-state index in [1.165, 1.54) is 24.5 Å². The van der Waals surface area contributed by atoms with Gasteiger partial charge in [-0.15, -0.1) is 0 Å². The second-order valence-corrected chi connectivity index (χ2v) is 4.17. The second kappa shape index (κ2) is 4.67. The molecule has 2 rings (SSSR count). The summed E-state index contributed by atoms with van der Waals surface area (Å²) < 4.78 is 27.0. The van der Waals surface area contributed by atoms with Gasteiger partial charge in [-0.25, -0.2) is 8.78 Å². The van der Waals surface area contributed by atoms with Gasteiger partial charge in [0.1, 0.15) is 0 Å². The molecule has 0 fully saturated rings. The van der Waals surface area contributed by atoms with Gasteiger partial charge in [0.25, 0.3) is 0 Å². The minimum atomic E-state index is -0.949. The maximum Gasteiger partial charge on any atom is 0.182 e. The lowest BCUT2D eigenvalue weighted by Gasteiger charge is -2.11. The zero-order valence-corrected chi connectivity index (χ0v) is 10.1. The Hall–Kier alpha value is -1.69. The van der Waals surface area contributed by atoms with E-state index in [0.29, 0.717) is 15.8 Å². The summed E-state index contributed by atoms with van der Waals surface area (Å²) in [7, 11) is 0. The van der Waals surface area contributed by atoms with Gasteiger partial charge in [0.05, 0.1) is 27.7 Å². The van der Waals surface area contributed by atoms with Gasteiger partial charge in [-0.1, -0.05) is 6.07 Å². The highest BCUT2D eigenvalue weighted by Crippen LogP contribution is 2.31. The fourth-order valence-electron chi connectivity index (χ4n) is 1.32. The lowest BCUT2D eigenvalue weighted by atomic mass is 10.2. The normalized spacial score (nSPS) is 10.3. The summed E-state index contributed by atoms with van der Waals surface area (Å²) in [5.74, 6) is -1.87. The average Bonchev–Trinajstić information content (AvgIpc) is 2.29. The summed E-state index contributed by atoms with van der Waals surface area (Å²) in [5, 5.41) is 2.72. The number of pyridine rings is 1. The smallest absolute Gasteiger partial charge is 0.182 e. The minimum absolute atomic E-state index is 0.0172. The molecule has 0 aliphatic carbocycles. The van der Waals surface area contributed by atoms with Gasteiger partial charge in [-0.2, -0.15) is 0 Å². The summed E-state index contributed by atoms with van der Waals surface area (Å²) in [6, 6.07) is 3.88. The van der Waals surface area contributed by atoms with E-state index in [4.69, 9.17) is 5.73 Å². The van der Waals surface area contributed by atoms with Crippen molar-refractivity contribution in [2.75, 3.05) is 11.1 Å². The van der Waals surface area contributed by atoms with Crippen LogP contribution in [0.25, 0.3) is 0 Å². The zero-order valence-electron chi connectivity index (χ0n) is 8.55. The third kappa shape index (κ3) is 2.36. The first-order valence-corrected chi connectivity index (χ1v) is 5.49. The predicted molar refractivity (Wildman–Crippen MR) is 66.0 cm³/mol. The van der Waals surface area contributed by atoms with Crippen LogP contribution in [0.3, 0.4) is 0 Å². The third-order valence-electron chi connectivity index (χ3n) is 2.14. The van der Waals surface area contributed by atoms with Crippen molar-refractivity contribution < 1.29 is 8.78 Å². The fraction of sp³-hybridized carbons (Fsp3) is 0. The van der Waals surface area contributed by atoms with Crippen molar-refractivity contribution in [3.63, 3.8) is 0 Å². The number of rotatable bonds is 2. The molecule has 0 aliphatic heterocycles. The SMILES string of the molecule is Nc1cncc(Br)c1Nc1cccc(F)c1F. The third-order valence-corrected chi connectivity index (χ3v) is 2.74. The maximum atomic E-state index is 13.4. The average molecular weight is 300 g/mol. The molecule has 0 unspecified atom stereocenters. The van der Waals surface area contributed by atoms with Crippen LogP contribution in [0.15, 0.2) is 35.1 Å². The van der Waals surface area contributed by atoms with Gasteiger partial charge >= 0.3 is 0 Å². The van der Waals surface area contributed by atoms with E-state index in [9.17, 15) is 8.78 Å². The lowest BCUT2D eigenvalue weighted by molar-refractivity contribution is 0.512. The number of benzene rings is 1. The molecule has 0 saturated carbocycles. The Morgan fingerprint density at radius 2 is 2.00 bits per heavy atom. The summed E-state index contributed by atoms with van der Waals surface area (Å²) in [4.78, 5) is 3.85. The molecule has 3 N–H and O–H groups in total. The van der Waals surface area contributed by atoms with Crippen LogP contribution in [0.4, 0.5) is 25.8 Å². The Balaban J connectivity index is 2.42. The van der Waals surface area contributed by atoms with E-state index in [1.54, 1.807) is 0 Å². The molecule has 1 heterocycles. The highest BCUT2D eigenvalue weighted by atomic mass is 79.9. The molecule has 0 spiro atoms. The molecule has 6 heteroatoms. The first-order chi connectivity index (χ1) is 8.09. The molecule has 1 aromatic carbocycles.